The smallest absolute Gasteiger partial charge is 0.229 e. The van der Waals surface area contributed by atoms with Crippen LogP contribution in [0.1, 0.15) is 11.3 Å². The highest BCUT2D eigenvalue weighted by Gasteiger charge is 2.03. The zero-order chi connectivity index (χ0) is 9.14. The van der Waals surface area contributed by atoms with Gasteiger partial charge >= 0.3 is 0 Å². The first kappa shape index (κ1) is 8.93. The van der Waals surface area contributed by atoms with Crippen molar-refractivity contribution in [1.82, 2.24) is 4.98 Å². The summed E-state index contributed by atoms with van der Waals surface area (Å²) >= 11 is 5.60. The monoisotopic (exact) mass is 186 g/mol. The molecule has 0 saturated heterocycles. The van der Waals surface area contributed by atoms with Crippen molar-refractivity contribution < 1.29 is 4.92 Å². The van der Waals surface area contributed by atoms with Crippen molar-refractivity contribution >= 4 is 11.6 Å². The van der Waals surface area contributed by atoms with Gasteiger partial charge < -0.3 is 0 Å². The van der Waals surface area contributed by atoms with E-state index in [1.807, 2.05) is 0 Å². The first-order valence-electron chi connectivity index (χ1n) is 3.33. The van der Waals surface area contributed by atoms with E-state index in [-0.39, 0.29) is 6.54 Å². The van der Waals surface area contributed by atoms with Gasteiger partial charge in [-0.25, -0.2) is 4.98 Å². The van der Waals surface area contributed by atoms with Gasteiger partial charge in [-0.2, -0.15) is 0 Å². The van der Waals surface area contributed by atoms with E-state index in [4.69, 9.17) is 11.6 Å². The van der Waals surface area contributed by atoms with Crippen molar-refractivity contribution in [2.75, 3.05) is 0 Å². The summed E-state index contributed by atoms with van der Waals surface area (Å²) in [6.07, 6.45) is 0. The maximum Gasteiger partial charge on any atom is 0.229 e. The van der Waals surface area contributed by atoms with Crippen molar-refractivity contribution in [3.05, 3.63) is 38.7 Å². The van der Waals surface area contributed by atoms with E-state index >= 15 is 0 Å². The molecule has 12 heavy (non-hydrogen) atoms. The highest BCUT2D eigenvalue weighted by molar-refractivity contribution is 6.29. The van der Waals surface area contributed by atoms with Gasteiger partial charge in [-0.15, -0.1) is 0 Å². The molecule has 1 heterocycles. The SMILES string of the molecule is Cc1cc(C[N+](=O)[O-])cc(Cl)n1. The van der Waals surface area contributed by atoms with Crippen LogP contribution in [0.2, 0.25) is 5.15 Å². The number of pyridine rings is 1. The van der Waals surface area contributed by atoms with Crippen LogP contribution in [0.5, 0.6) is 0 Å². The molecule has 64 valence electrons. The van der Waals surface area contributed by atoms with E-state index in [2.05, 4.69) is 4.98 Å². The van der Waals surface area contributed by atoms with Crippen molar-refractivity contribution in [2.45, 2.75) is 13.5 Å². The van der Waals surface area contributed by atoms with Crippen LogP contribution in [0.4, 0.5) is 0 Å². The van der Waals surface area contributed by atoms with Crippen LogP contribution in [0.3, 0.4) is 0 Å². The van der Waals surface area contributed by atoms with Crippen molar-refractivity contribution in [2.24, 2.45) is 0 Å². The molecule has 5 heteroatoms. The number of nitrogens with zero attached hydrogens (tertiary/aromatic N) is 2. The molecule has 0 saturated carbocycles. The van der Waals surface area contributed by atoms with E-state index in [1.54, 1.807) is 13.0 Å². The van der Waals surface area contributed by atoms with Crippen LogP contribution in [-0.4, -0.2) is 9.91 Å². The fourth-order valence-corrected chi connectivity index (χ4v) is 1.21. The average molecular weight is 187 g/mol. The second-order valence-corrected chi connectivity index (χ2v) is 2.82. The number of hydrogen-bond donors (Lipinski definition) is 0. The molecular weight excluding hydrogens is 180 g/mol. The number of halogens is 1. The Morgan fingerprint density at radius 2 is 2.33 bits per heavy atom. The molecule has 1 rings (SSSR count). The van der Waals surface area contributed by atoms with Crippen LogP contribution >= 0.6 is 11.6 Å². The summed E-state index contributed by atoms with van der Waals surface area (Å²) in [4.78, 5) is 13.6. The van der Waals surface area contributed by atoms with E-state index in [1.165, 1.54) is 6.07 Å². The Kier molecular flexibility index (Phi) is 2.60. The Labute approximate surface area is 74.3 Å². The van der Waals surface area contributed by atoms with Gasteiger partial charge in [0.05, 0.1) is 0 Å². The number of rotatable bonds is 2. The van der Waals surface area contributed by atoms with E-state index in [0.717, 1.165) is 0 Å². The molecule has 0 N–H and O–H groups in total. The molecular formula is C7H7ClN2O2. The minimum Gasteiger partial charge on any atom is -0.264 e. The number of nitro groups is 1. The van der Waals surface area contributed by atoms with Crippen LogP contribution in [-0.2, 0) is 6.54 Å². The van der Waals surface area contributed by atoms with E-state index in [9.17, 15) is 10.1 Å². The summed E-state index contributed by atoms with van der Waals surface area (Å²) in [7, 11) is 0. The van der Waals surface area contributed by atoms with Gasteiger partial charge in [0.1, 0.15) is 5.15 Å². The molecule has 1 aromatic rings. The summed E-state index contributed by atoms with van der Waals surface area (Å²) in [6.45, 7) is 1.54. The van der Waals surface area contributed by atoms with Crippen molar-refractivity contribution in [1.29, 1.82) is 0 Å². The molecule has 0 amide bonds. The lowest BCUT2D eigenvalue weighted by Crippen LogP contribution is -1.99. The fourth-order valence-electron chi connectivity index (χ4n) is 0.936. The van der Waals surface area contributed by atoms with E-state index < -0.39 is 4.92 Å². The molecule has 0 aromatic carbocycles. The lowest BCUT2D eigenvalue weighted by atomic mass is 10.2. The minimum atomic E-state index is -0.398. The summed E-state index contributed by atoms with van der Waals surface area (Å²) in [5, 5.41) is 10.4. The minimum absolute atomic E-state index is 0.205. The maximum atomic E-state index is 10.1. The van der Waals surface area contributed by atoms with Gasteiger partial charge in [0.2, 0.25) is 6.54 Å². The van der Waals surface area contributed by atoms with Crippen LogP contribution in [0, 0.1) is 17.0 Å². The van der Waals surface area contributed by atoms with Crippen LogP contribution in [0.15, 0.2) is 12.1 Å². The first-order valence-corrected chi connectivity index (χ1v) is 3.70. The summed E-state index contributed by atoms with van der Waals surface area (Å²) in [6, 6.07) is 3.14. The van der Waals surface area contributed by atoms with Gasteiger partial charge in [0.15, 0.2) is 0 Å². The zero-order valence-corrected chi connectivity index (χ0v) is 7.21. The second kappa shape index (κ2) is 3.49. The fraction of sp³-hybridized carbons (Fsp3) is 0.286. The highest BCUT2D eigenvalue weighted by atomic mass is 35.5. The molecule has 0 aliphatic rings. The topological polar surface area (TPSA) is 56.0 Å². The molecule has 0 unspecified atom stereocenters. The Morgan fingerprint density at radius 3 is 2.83 bits per heavy atom. The van der Waals surface area contributed by atoms with Gasteiger partial charge in [0.25, 0.3) is 0 Å². The molecule has 0 radical (unpaired) electrons. The third kappa shape index (κ3) is 2.47. The van der Waals surface area contributed by atoms with Crippen molar-refractivity contribution in [3.63, 3.8) is 0 Å². The predicted octanol–water partition coefficient (Wildman–Crippen LogP) is 1.82. The number of aryl methyl sites for hydroxylation is 1. The van der Waals surface area contributed by atoms with Crippen molar-refractivity contribution in [3.8, 4) is 0 Å². The van der Waals surface area contributed by atoms with Crippen LogP contribution < -0.4 is 0 Å². The highest BCUT2D eigenvalue weighted by Crippen LogP contribution is 2.10. The standard InChI is InChI=1S/C7H7ClN2O2/c1-5-2-6(4-10(11)12)3-7(8)9-5/h2-3H,4H2,1H3. The Morgan fingerprint density at radius 1 is 1.67 bits per heavy atom. The third-order valence-corrected chi connectivity index (χ3v) is 1.49. The summed E-state index contributed by atoms with van der Waals surface area (Å²) in [5.41, 5.74) is 1.27. The second-order valence-electron chi connectivity index (χ2n) is 2.43. The molecule has 0 atom stereocenters. The summed E-state index contributed by atoms with van der Waals surface area (Å²) in [5.74, 6) is 0. The predicted molar refractivity (Wildman–Crippen MR) is 44.7 cm³/mol. The Bertz CT molecular complexity index is 294. The lowest BCUT2D eigenvalue weighted by Gasteiger charge is -1.97. The molecule has 0 aliphatic heterocycles. The van der Waals surface area contributed by atoms with E-state index in [0.29, 0.717) is 16.4 Å². The normalized spacial score (nSPS) is 9.83. The molecule has 0 bridgehead atoms. The molecule has 4 nitrogen and oxygen atoms in total. The van der Waals surface area contributed by atoms with Gasteiger partial charge in [-0.1, -0.05) is 11.6 Å². The summed E-state index contributed by atoms with van der Waals surface area (Å²) < 4.78 is 0. The number of hydrogen-bond acceptors (Lipinski definition) is 3. The molecule has 0 aliphatic carbocycles. The Balaban J connectivity index is 2.93. The third-order valence-electron chi connectivity index (χ3n) is 1.29. The first-order chi connectivity index (χ1) is 5.58. The molecule has 1 aromatic heterocycles. The van der Waals surface area contributed by atoms with Gasteiger partial charge in [-0.3, -0.25) is 10.1 Å². The Hall–Kier alpha value is -1.16. The molecule has 0 spiro atoms. The number of aromatic nitrogens is 1. The van der Waals surface area contributed by atoms with Gasteiger partial charge in [0, 0.05) is 16.2 Å². The molecule has 0 fully saturated rings. The zero-order valence-electron chi connectivity index (χ0n) is 6.45. The lowest BCUT2D eigenvalue weighted by molar-refractivity contribution is -0.496. The quantitative estimate of drug-likeness (QED) is 0.402. The van der Waals surface area contributed by atoms with Crippen LogP contribution in [0.25, 0.3) is 0 Å². The maximum absolute atomic E-state index is 10.1. The average Bonchev–Trinajstić information content (AvgIpc) is 1.81. The largest absolute Gasteiger partial charge is 0.264 e. The van der Waals surface area contributed by atoms with Gasteiger partial charge in [-0.05, 0) is 19.1 Å².